The van der Waals surface area contributed by atoms with Crippen molar-refractivity contribution in [2.24, 2.45) is 0 Å². The van der Waals surface area contributed by atoms with Crippen LogP contribution in [0.3, 0.4) is 0 Å². The first-order valence-electron chi connectivity index (χ1n) is 14.0. The molecule has 9 heteroatoms. The Morgan fingerprint density at radius 3 is 2.33 bits per heavy atom. The molecule has 0 spiro atoms. The normalized spacial score (nSPS) is 18.1. The van der Waals surface area contributed by atoms with Crippen molar-refractivity contribution < 1.29 is 22.8 Å². The lowest BCUT2D eigenvalue weighted by atomic mass is 9.69. The summed E-state index contributed by atoms with van der Waals surface area (Å²) in [7, 11) is 0. The van der Waals surface area contributed by atoms with Crippen molar-refractivity contribution in [2.45, 2.75) is 88.3 Å². The van der Waals surface area contributed by atoms with Gasteiger partial charge in [0.25, 0.3) is 5.91 Å². The zero-order valence-electron chi connectivity index (χ0n) is 22.0. The van der Waals surface area contributed by atoms with E-state index in [1.807, 2.05) is 0 Å². The summed E-state index contributed by atoms with van der Waals surface area (Å²) in [6, 6.07) is 10.9. The number of hydrogen-bond donors (Lipinski definition) is 2. The van der Waals surface area contributed by atoms with Crippen LogP contribution in [0.4, 0.5) is 13.2 Å². The number of imidazole rings is 1. The molecule has 2 aliphatic carbocycles. The molecular formula is C30H35F3N4O2. The van der Waals surface area contributed by atoms with E-state index in [1.165, 1.54) is 6.42 Å². The second kappa shape index (κ2) is 11.4. The second-order valence-electron chi connectivity index (χ2n) is 11.0. The maximum Gasteiger partial charge on any atom is 0.416 e. The number of aromatic nitrogens is 2. The summed E-state index contributed by atoms with van der Waals surface area (Å²) in [5.74, 6) is -0.347. The number of amides is 2. The van der Waals surface area contributed by atoms with Crippen LogP contribution in [0.15, 0.2) is 48.7 Å². The van der Waals surface area contributed by atoms with Gasteiger partial charge >= 0.3 is 6.18 Å². The predicted octanol–water partition coefficient (Wildman–Crippen LogP) is 5.98. The molecule has 2 aliphatic rings. The number of fused-ring (bicyclic) bond motifs is 1. The van der Waals surface area contributed by atoms with Gasteiger partial charge in [-0.25, -0.2) is 4.98 Å². The van der Waals surface area contributed by atoms with Crippen LogP contribution < -0.4 is 10.6 Å². The van der Waals surface area contributed by atoms with Crippen molar-refractivity contribution in [1.82, 2.24) is 20.0 Å². The average Bonchev–Trinajstić information content (AvgIpc) is 3.35. The molecule has 3 aromatic rings. The smallest absolute Gasteiger partial charge is 0.355 e. The fraction of sp³-hybridized carbons (Fsp3) is 0.500. The van der Waals surface area contributed by atoms with Crippen LogP contribution in [0.2, 0.25) is 0 Å². The molecule has 5 rings (SSSR count). The van der Waals surface area contributed by atoms with Gasteiger partial charge in [0.05, 0.1) is 17.7 Å². The molecule has 0 atom stereocenters. The summed E-state index contributed by atoms with van der Waals surface area (Å²) in [6.45, 7) is 0.361. The minimum absolute atomic E-state index is 0.0501. The highest BCUT2D eigenvalue weighted by atomic mass is 19.4. The largest absolute Gasteiger partial charge is 0.416 e. The fourth-order valence-corrected chi connectivity index (χ4v) is 6.14. The number of hydrogen-bond acceptors (Lipinski definition) is 3. The first-order chi connectivity index (χ1) is 18.7. The van der Waals surface area contributed by atoms with Crippen molar-refractivity contribution in [3.63, 3.8) is 0 Å². The van der Waals surface area contributed by atoms with E-state index in [4.69, 9.17) is 0 Å². The van der Waals surface area contributed by atoms with Crippen molar-refractivity contribution in [2.75, 3.05) is 6.54 Å². The van der Waals surface area contributed by atoms with Crippen LogP contribution in [0.25, 0.3) is 5.65 Å². The molecule has 2 N–H and O–H groups in total. The quantitative estimate of drug-likeness (QED) is 0.387. The monoisotopic (exact) mass is 540 g/mol. The summed E-state index contributed by atoms with van der Waals surface area (Å²) in [6.07, 6.45) is 7.48. The van der Waals surface area contributed by atoms with E-state index in [2.05, 4.69) is 15.6 Å². The van der Waals surface area contributed by atoms with Crippen molar-refractivity contribution in [3.8, 4) is 0 Å². The lowest BCUT2D eigenvalue weighted by molar-refractivity contribution is -0.137. The molecule has 0 aliphatic heterocycles. The first kappa shape index (κ1) is 27.2. The van der Waals surface area contributed by atoms with Crippen molar-refractivity contribution >= 4 is 17.5 Å². The van der Waals surface area contributed by atoms with Gasteiger partial charge in [-0.05, 0) is 55.5 Å². The van der Waals surface area contributed by atoms with Crippen LogP contribution in [-0.4, -0.2) is 33.8 Å². The third-order valence-corrected chi connectivity index (χ3v) is 8.32. The van der Waals surface area contributed by atoms with Crippen molar-refractivity contribution in [1.29, 1.82) is 0 Å². The highest BCUT2D eigenvalue weighted by Gasteiger charge is 2.36. The molecule has 0 radical (unpaired) electrons. The third kappa shape index (κ3) is 6.28. The molecule has 0 bridgehead atoms. The van der Waals surface area contributed by atoms with Gasteiger partial charge in [0.15, 0.2) is 0 Å². The average molecular weight is 541 g/mol. The SMILES string of the molecule is O=C(Cc1cn2c(C(=O)NC3CCCCC3)cccc2n1)NCC1(c2ccc(C(F)(F)F)cc2)CCCCC1. The molecule has 2 amide bonds. The molecule has 39 heavy (non-hydrogen) atoms. The minimum atomic E-state index is -4.38. The number of pyridine rings is 1. The molecule has 1 aromatic carbocycles. The number of carbonyl (C=O) groups is 2. The van der Waals surface area contributed by atoms with E-state index >= 15 is 0 Å². The van der Waals surface area contributed by atoms with Crippen LogP contribution in [0.5, 0.6) is 0 Å². The molecule has 208 valence electrons. The highest BCUT2D eigenvalue weighted by Crippen LogP contribution is 2.40. The van der Waals surface area contributed by atoms with Gasteiger partial charge in [0, 0.05) is 24.2 Å². The molecule has 6 nitrogen and oxygen atoms in total. The predicted molar refractivity (Wildman–Crippen MR) is 142 cm³/mol. The molecule has 2 aromatic heterocycles. The summed E-state index contributed by atoms with van der Waals surface area (Å²) in [4.78, 5) is 30.5. The number of benzene rings is 1. The lowest BCUT2D eigenvalue weighted by Gasteiger charge is -2.38. The van der Waals surface area contributed by atoms with Crippen LogP contribution in [0.1, 0.15) is 91.5 Å². The van der Waals surface area contributed by atoms with E-state index in [-0.39, 0.29) is 29.7 Å². The highest BCUT2D eigenvalue weighted by molar-refractivity contribution is 5.93. The van der Waals surface area contributed by atoms with Gasteiger partial charge in [-0.2, -0.15) is 13.2 Å². The van der Waals surface area contributed by atoms with E-state index in [1.54, 1.807) is 40.9 Å². The number of halogens is 3. The fourth-order valence-electron chi connectivity index (χ4n) is 6.14. The Balaban J connectivity index is 1.26. The molecular weight excluding hydrogens is 505 g/mol. The van der Waals surface area contributed by atoms with Gasteiger partial charge < -0.3 is 10.6 Å². The zero-order valence-corrected chi connectivity index (χ0v) is 22.0. The maximum absolute atomic E-state index is 13.1. The first-order valence-corrected chi connectivity index (χ1v) is 14.0. The van der Waals surface area contributed by atoms with Crippen LogP contribution >= 0.6 is 0 Å². The molecule has 0 saturated heterocycles. The Bertz CT molecular complexity index is 1300. The van der Waals surface area contributed by atoms with E-state index in [9.17, 15) is 22.8 Å². The second-order valence-corrected chi connectivity index (χ2v) is 11.0. The third-order valence-electron chi connectivity index (χ3n) is 8.32. The molecule has 2 fully saturated rings. The summed E-state index contributed by atoms with van der Waals surface area (Å²) < 4.78 is 41.0. The topological polar surface area (TPSA) is 75.5 Å². The number of alkyl halides is 3. The lowest BCUT2D eigenvalue weighted by Crippen LogP contribution is -2.42. The number of rotatable bonds is 7. The summed E-state index contributed by atoms with van der Waals surface area (Å²) in [5, 5.41) is 6.17. The van der Waals surface area contributed by atoms with E-state index in [0.717, 1.165) is 75.5 Å². The summed E-state index contributed by atoms with van der Waals surface area (Å²) >= 11 is 0. The Morgan fingerprint density at radius 1 is 0.949 bits per heavy atom. The van der Waals surface area contributed by atoms with Crippen LogP contribution in [-0.2, 0) is 22.8 Å². The Hall–Kier alpha value is -3.36. The van der Waals surface area contributed by atoms with Crippen molar-refractivity contribution in [3.05, 3.63) is 71.2 Å². The van der Waals surface area contributed by atoms with E-state index in [0.29, 0.717) is 23.6 Å². The minimum Gasteiger partial charge on any atom is -0.355 e. The number of nitrogens with zero attached hydrogens (tertiary/aromatic N) is 2. The standard InChI is InChI=1S/C30H35F3N4O2/c31-30(32,33)22-14-12-21(13-15-22)29(16-5-2-6-17-29)20-34-27(38)18-24-19-37-25(10-7-11-26(37)35-24)28(39)36-23-8-3-1-4-9-23/h7,10-15,19,23H,1-6,8-9,16-18,20H2,(H,34,38)(H,36,39). The molecule has 0 unspecified atom stereocenters. The van der Waals surface area contributed by atoms with Gasteiger partial charge in [-0.3, -0.25) is 14.0 Å². The maximum atomic E-state index is 13.1. The zero-order chi connectivity index (χ0) is 27.5. The number of nitrogens with one attached hydrogen (secondary N) is 2. The molecule has 2 heterocycles. The Kier molecular flexibility index (Phi) is 7.96. The summed E-state index contributed by atoms with van der Waals surface area (Å²) in [5.41, 5.74) is 1.42. The van der Waals surface area contributed by atoms with Gasteiger partial charge in [-0.15, -0.1) is 0 Å². The number of carbonyl (C=O) groups excluding carboxylic acids is 2. The van der Waals surface area contributed by atoms with Gasteiger partial charge in [0.1, 0.15) is 11.3 Å². The van der Waals surface area contributed by atoms with Gasteiger partial charge in [-0.1, -0.05) is 56.7 Å². The van der Waals surface area contributed by atoms with E-state index < -0.39 is 11.7 Å². The molecule has 2 saturated carbocycles. The Labute approximate surface area is 226 Å². The van der Waals surface area contributed by atoms with Crippen LogP contribution in [0, 0.1) is 0 Å². The van der Waals surface area contributed by atoms with Gasteiger partial charge in [0.2, 0.25) is 5.91 Å². The Morgan fingerprint density at radius 2 is 1.64 bits per heavy atom.